The third kappa shape index (κ3) is 1.57. The van der Waals surface area contributed by atoms with Gasteiger partial charge < -0.3 is 0 Å². The Morgan fingerprint density at radius 2 is 1.70 bits per heavy atom. The Hall–Kier alpha value is -1.96. The van der Waals surface area contributed by atoms with Crippen LogP contribution >= 0.6 is 23.2 Å². The maximum absolute atomic E-state index is 10.7. The number of isocyanates is 2. The van der Waals surface area contributed by atoms with Gasteiger partial charge in [-0.1, -0.05) is 35.9 Å². The molecular formula is C14H6Cl2N2O2. The number of rotatable bonds is 2. The largest absolute Gasteiger partial charge is 0.238 e. The van der Waals surface area contributed by atoms with Crippen LogP contribution in [-0.2, 0) is 9.59 Å². The van der Waals surface area contributed by atoms with Crippen molar-refractivity contribution in [3.8, 4) is 0 Å². The van der Waals surface area contributed by atoms with Crippen LogP contribution in [0, 0.1) is 0 Å². The number of benzene rings is 1. The summed E-state index contributed by atoms with van der Waals surface area (Å²) < 4.78 is 0. The average molecular weight is 305 g/mol. The first-order valence-electron chi connectivity index (χ1n) is 5.69. The zero-order valence-corrected chi connectivity index (χ0v) is 11.4. The highest BCUT2D eigenvalue weighted by Gasteiger charge is 2.48. The van der Waals surface area contributed by atoms with Crippen LogP contribution in [0.5, 0.6) is 0 Å². The number of hydrogen-bond acceptors (Lipinski definition) is 4. The maximum Gasteiger partial charge on any atom is 0.238 e. The lowest BCUT2D eigenvalue weighted by molar-refractivity contribution is 0.546. The van der Waals surface area contributed by atoms with Crippen LogP contribution in [0.3, 0.4) is 0 Å². The van der Waals surface area contributed by atoms with E-state index in [1.165, 1.54) is 18.2 Å². The lowest BCUT2D eigenvalue weighted by atomic mass is 9.70. The highest BCUT2D eigenvalue weighted by molar-refractivity contribution is 6.43. The zero-order valence-electron chi connectivity index (χ0n) is 9.93. The van der Waals surface area contributed by atoms with Crippen molar-refractivity contribution in [1.82, 2.24) is 0 Å². The summed E-state index contributed by atoms with van der Waals surface area (Å²) in [5, 5.41) is -0.281. The fourth-order valence-corrected chi connectivity index (χ4v) is 3.18. The van der Waals surface area contributed by atoms with Crippen molar-refractivity contribution >= 4 is 46.5 Å². The minimum atomic E-state index is -1.50. The lowest BCUT2D eigenvalue weighted by Crippen LogP contribution is -2.35. The molecule has 20 heavy (non-hydrogen) atoms. The molecule has 0 heterocycles. The van der Waals surface area contributed by atoms with Crippen molar-refractivity contribution in [3.63, 3.8) is 0 Å². The molecule has 3 rings (SSSR count). The molecule has 0 saturated heterocycles. The number of halogens is 2. The molecule has 6 heteroatoms. The van der Waals surface area contributed by atoms with Crippen molar-refractivity contribution in [1.29, 1.82) is 0 Å². The Bertz CT molecular complexity index is 751. The van der Waals surface area contributed by atoms with Crippen LogP contribution in [-0.4, -0.2) is 23.2 Å². The molecule has 4 nitrogen and oxygen atoms in total. The Morgan fingerprint density at radius 3 is 2.30 bits per heavy atom. The topological polar surface area (TPSA) is 58.9 Å². The predicted octanol–water partition coefficient (Wildman–Crippen LogP) is 3.02. The lowest BCUT2D eigenvalue weighted by Gasteiger charge is -2.40. The molecule has 0 amide bonds. The minimum Gasteiger partial charge on any atom is -0.211 e. The normalized spacial score (nSPS) is 26.3. The van der Waals surface area contributed by atoms with Gasteiger partial charge in [0.1, 0.15) is 0 Å². The first-order chi connectivity index (χ1) is 9.64. The molecule has 1 aromatic carbocycles. The van der Waals surface area contributed by atoms with Crippen molar-refractivity contribution in [2.75, 3.05) is 0 Å². The van der Waals surface area contributed by atoms with Gasteiger partial charge in [-0.05, 0) is 22.8 Å². The maximum atomic E-state index is 10.7. The summed E-state index contributed by atoms with van der Waals surface area (Å²) in [6.45, 7) is 0. The molecule has 0 radical (unpaired) electrons. The third-order valence-corrected chi connectivity index (χ3v) is 4.28. The molecule has 0 N–H and O–H groups in total. The van der Waals surface area contributed by atoms with Gasteiger partial charge in [-0.2, -0.15) is 9.98 Å². The summed E-state index contributed by atoms with van der Waals surface area (Å²) in [5.74, 6) is 0. The molecule has 1 atom stereocenters. The molecule has 0 fully saturated rings. The number of nitrogens with zero attached hydrogens (tertiary/aromatic N) is 2. The second-order valence-corrected chi connectivity index (χ2v) is 5.23. The van der Waals surface area contributed by atoms with Crippen molar-refractivity contribution in [3.05, 3.63) is 46.5 Å². The van der Waals surface area contributed by atoms with E-state index in [1.54, 1.807) is 0 Å². The third-order valence-electron chi connectivity index (χ3n) is 3.39. The van der Waals surface area contributed by atoms with E-state index in [2.05, 4.69) is 9.98 Å². The van der Waals surface area contributed by atoms with E-state index in [0.29, 0.717) is 5.57 Å². The van der Waals surface area contributed by atoms with E-state index in [1.807, 2.05) is 24.3 Å². The fourth-order valence-electron chi connectivity index (χ4n) is 2.63. The Labute approximate surface area is 124 Å². The van der Waals surface area contributed by atoms with Crippen LogP contribution in [0.15, 0.2) is 45.4 Å². The highest BCUT2D eigenvalue weighted by Crippen LogP contribution is 2.56. The fraction of sp³-hybridized carbons (Fsp3) is 0.143. The van der Waals surface area contributed by atoms with Crippen LogP contribution in [0.1, 0.15) is 11.1 Å². The summed E-state index contributed by atoms with van der Waals surface area (Å²) in [6, 6.07) is 7.44. The standard InChI is InChI=1S/C14H6Cl2N2O2/c15-10-5-14(17-6-19,18-7-20)12-9-4-2-1-3-8(9)11(12)13(10)16/h1-5,13H. The average Bonchev–Trinajstić information content (AvgIpc) is 2.39. The molecule has 98 valence electrons. The molecule has 0 saturated carbocycles. The monoisotopic (exact) mass is 304 g/mol. The van der Waals surface area contributed by atoms with Gasteiger partial charge in [-0.15, -0.1) is 11.6 Å². The van der Waals surface area contributed by atoms with Crippen LogP contribution in [0.2, 0.25) is 0 Å². The van der Waals surface area contributed by atoms with Gasteiger partial charge in [0.05, 0.1) is 5.38 Å². The second kappa shape index (κ2) is 4.55. The number of aliphatic imine (C=N–C) groups is 2. The van der Waals surface area contributed by atoms with Gasteiger partial charge in [-0.3, -0.25) is 0 Å². The molecular weight excluding hydrogens is 299 g/mol. The molecule has 0 spiro atoms. The molecule has 1 aromatic rings. The van der Waals surface area contributed by atoms with Crippen LogP contribution in [0.4, 0.5) is 0 Å². The molecule has 2 aliphatic rings. The van der Waals surface area contributed by atoms with Crippen molar-refractivity contribution < 1.29 is 9.59 Å². The minimum absolute atomic E-state index is 0.262. The van der Waals surface area contributed by atoms with Crippen LogP contribution < -0.4 is 0 Å². The first-order valence-corrected chi connectivity index (χ1v) is 6.51. The Kier molecular flexibility index (Phi) is 2.97. The van der Waals surface area contributed by atoms with Gasteiger partial charge in [0.2, 0.25) is 17.8 Å². The molecule has 2 aliphatic carbocycles. The van der Waals surface area contributed by atoms with E-state index >= 15 is 0 Å². The van der Waals surface area contributed by atoms with Gasteiger partial charge in [0.25, 0.3) is 0 Å². The number of alkyl halides is 1. The summed E-state index contributed by atoms with van der Waals surface area (Å²) in [4.78, 5) is 28.8. The quantitative estimate of drug-likeness (QED) is 0.479. The van der Waals surface area contributed by atoms with E-state index in [0.717, 1.165) is 16.7 Å². The summed E-state index contributed by atoms with van der Waals surface area (Å²) in [7, 11) is 0. The number of fused-ring (bicyclic) bond motifs is 3. The number of hydrogen-bond donors (Lipinski definition) is 0. The van der Waals surface area contributed by atoms with Crippen molar-refractivity contribution in [2.45, 2.75) is 11.0 Å². The van der Waals surface area contributed by atoms with Crippen molar-refractivity contribution in [2.24, 2.45) is 9.98 Å². The summed E-state index contributed by atoms with van der Waals surface area (Å²) >= 11 is 12.4. The van der Waals surface area contributed by atoms with E-state index in [4.69, 9.17) is 23.2 Å². The first kappa shape index (κ1) is 13.0. The molecule has 0 bridgehead atoms. The van der Waals surface area contributed by atoms with E-state index < -0.39 is 11.0 Å². The van der Waals surface area contributed by atoms with Gasteiger partial charge in [0, 0.05) is 10.6 Å². The van der Waals surface area contributed by atoms with E-state index in [9.17, 15) is 9.59 Å². The zero-order chi connectivity index (χ0) is 14.3. The smallest absolute Gasteiger partial charge is 0.211 e. The Balaban J connectivity index is 2.31. The van der Waals surface area contributed by atoms with Gasteiger partial charge in [0.15, 0.2) is 0 Å². The second-order valence-electron chi connectivity index (χ2n) is 4.36. The van der Waals surface area contributed by atoms with Gasteiger partial charge in [-0.25, -0.2) is 9.59 Å². The number of carbonyl (C=O) groups excluding carboxylic acids is 2. The Morgan fingerprint density at radius 1 is 1.10 bits per heavy atom. The predicted molar refractivity (Wildman–Crippen MR) is 75.8 cm³/mol. The molecule has 1 unspecified atom stereocenters. The van der Waals surface area contributed by atoms with Gasteiger partial charge >= 0.3 is 0 Å². The van der Waals surface area contributed by atoms with E-state index in [-0.39, 0.29) is 5.03 Å². The van der Waals surface area contributed by atoms with Crippen LogP contribution in [0.25, 0.3) is 11.1 Å². The molecule has 0 aliphatic heterocycles. The summed E-state index contributed by atoms with van der Waals surface area (Å²) in [5.41, 5.74) is 1.58. The SMILES string of the molecule is O=C=NC1(N=C=O)C=C(Cl)C(Cl)C2=C1c1ccccc12. The summed E-state index contributed by atoms with van der Waals surface area (Å²) in [6.07, 6.45) is 4.26. The molecule has 0 aromatic heterocycles. The highest BCUT2D eigenvalue weighted by atomic mass is 35.5. The number of allylic oxidation sites excluding steroid dienone is 2.